The minimum absolute atomic E-state index is 0.0522. The SMILES string of the molecule is C[C@@H]1CN(C(=O)c2n[nH]c3c2CCC3)C[C@H](C)O1.C[C@@H]1CNC[C@H](C)O1.O=C(O)c1n[nH]c2c1CCC2. The Morgan fingerprint density at radius 2 is 1.27 bits per heavy atom. The zero-order valence-electron chi connectivity index (χ0n) is 22.3. The number of hydrogen-bond donors (Lipinski definition) is 4. The number of amides is 1. The van der Waals surface area contributed by atoms with Crippen LogP contribution in [0.2, 0.25) is 0 Å². The predicted molar refractivity (Wildman–Crippen MR) is 137 cm³/mol. The van der Waals surface area contributed by atoms with Gasteiger partial charge in [-0.25, -0.2) is 4.79 Å². The maximum absolute atomic E-state index is 12.5. The van der Waals surface area contributed by atoms with Crippen molar-refractivity contribution in [3.05, 3.63) is 33.9 Å². The topological polar surface area (TPSA) is 145 Å². The van der Waals surface area contributed by atoms with Gasteiger partial charge in [-0.15, -0.1) is 0 Å². The second kappa shape index (κ2) is 12.2. The van der Waals surface area contributed by atoms with Gasteiger partial charge in [0.2, 0.25) is 0 Å². The lowest BCUT2D eigenvalue weighted by atomic mass is 10.1. The lowest BCUT2D eigenvalue weighted by Crippen LogP contribution is -2.48. The largest absolute Gasteiger partial charge is 0.476 e. The zero-order valence-corrected chi connectivity index (χ0v) is 22.3. The molecule has 0 saturated carbocycles. The van der Waals surface area contributed by atoms with Gasteiger partial charge in [0.05, 0.1) is 24.4 Å². The second-order valence-corrected chi connectivity index (χ2v) is 10.5. The molecule has 11 nitrogen and oxygen atoms in total. The summed E-state index contributed by atoms with van der Waals surface area (Å²) >= 11 is 0. The quantitative estimate of drug-likeness (QED) is 0.475. The molecule has 2 aliphatic heterocycles. The van der Waals surface area contributed by atoms with E-state index in [0.717, 1.165) is 74.1 Å². The first-order valence-corrected chi connectivity index (χ1v) is 13.4. The number of fused-ring (bicyclic) bond motifs is 2. The summed E-state index contributed by atoms with van der Waals surface area (Å²) in [6, 6.07) is 0. The molecule has 6 rings (SSSR count). The summed E-state index contributed by atoms with van der Waals surface area (Å²) in [6.45, 7) is 11.5. The predicted octanol–water partition coefficient (Wildman–Crippen LogP) is 2.13. The number of ether oxygens (including phenoxy) is 2. The Balaban J connectivity index is 0.000000143. The molecule has 4 N–H and O–H groups in total. The maximum Gasteiger partial charge on any atom is 0.356 e. The normalized spacial score (nSPS) is 26.3. The Hall–Kier alpha value is -2.76. The molecular weight excluding hydrogens is 476 g/mol. The van der Waals surface area contributed by atoms with Gasteiger partial charge < -0.3 is 24.8 Å². The van der Waals surface area contributed by atoms with E-state index in [0.29, 0.717) is 31.0 Å². The molecule has 4 aliphatic rings. The van der Waals surface area contributed by atoms with Crippen molar-refractivity contribution in [1.82, 2.24) is 30.6 Å². The number of hydrogen-bond acceptors (Lipinski definition) is 7. The lowest BCUT2D eigenvalue weighted by Gasteiger charge is -2.35. The van der Waals surface area contributed by atoms with Crippen molar-refractivity contribution in [2.75, 3.05) is 26.2 Å². The molecular formula is C26H40N6O5. The molecule has 0 radical (unpaired) electrons. The summed E-state index contributed by atoms with van der Waals surface area (Å²) in [7, 11) is 0. The van der Waals surface area contributed by atoms with Crippen LogP contribution in [0.25, 0.3) is 0 Å². The van der Waals surface area contributed by atoms with Crippen molar-refractivity contribution in [2.45, 2.75) is 90.6 Å². The van der Waals surface area contributed by atoms with E-state index in [4.69, 9.17) is 14.6 Å². The van der Waals surface area contributed by atoms with Gasteiger partial charge in [-0.1, -0.05) is 0 Å². The highest BCUT2D eigenvalue weighted by molar-refractivity contribution is 5.94. The fourth-order valence-electron chi connectivity index (χ4n) is 5.47. The van der Waals surface area contributed by atoms with Gasteiger partial charge in [0.25, 0.3) is 5.91 Å². The first kappa shape index (κ1) is 27.3. The maximum atomic E-state index is 12.5. The molecule has 37 heavy (non-hydrogen) atoms. The smallest absolute Gasteiger partial charge is 0.356 e. The van der Waals surface area contributed by atoms with Gasteiger partial charge >= 0.3 is 5.97 Å². The van der Waals surface area contributed by atoms with Crippen LogP contribution in [0.3, 0.4) is 0 Å². The van der Waals surface area contributed by atoms with E-state index >= 15 is 0 Å². The minimum atomic E-state index is -0.926. The zero-order chi connectivity index (χ0) is 26.5. The number of carboxylic acids is 1. The third-order valence-electron chi connectivity index (χ3n) is 7.05. The Morgan fingerprint density at radius 3 is 1.76 bits per heavy atom. The van der Waals surface area contributed by atoms with Gasteiger partial charge in [0, 0.05) is 48.7 Å². The van der Waals surface area contributed by atoms with Crippen molar-refractivity contribution < 1.29 is 24.2 Å². The van der Waals surface area contributed by atoms with Crippen LogP contribution in [0.5, 0.6) is 0 Å². The molecule has 0 bridgehead atoms. The van der Waals surface area contributed by atoms with Crippen molar-refractivity contribution in [3.8, 4) is 0 Å². The van der Waals surface area contributed by atoms with Gasteiger partial charge in [-0.2, -0.15) is 10.2 Å². The number of nitrogens with zero attached hydrogens (tertiary/aromatic N) is 3. The van der Waals surface area contributed by atoms with Gasteiger partial charge in [-0.3, -0.25) is 15.0 Å². The van der Waals surface area contributed by atoms with Crippen LogP contribution >= 0.6 is 0 Å². The number of carboxylic acid groups (broad SMARTS) is 1. The summed E-state index contributed by atoms with van der Waals surface area (Å²) in [5, 5.41) is 25.6. The van der Waals surface area contributed by atoms with Gasteiger partial charge in [-0.05, 0) is 66.2 Å². The Morgan fingerprint density at radius 1 is 0.784 bits per heavy atom. The van der Waals surface area contributed by atoms with Crippen LogP contribution in [0.15, 0.2) is 0 Å². The van der Waals surface area contributed by atoms with Crippen molar-refractivity contribution in [3.63, 3.8) is 0 Å². The highest BCUT2D eigenvalue weighted by Gasteiger charge is 2.31. The van der Waals surface area contributed by atoms with E-state index < -0.39 is 5.97 Å². The average molecular weight is 517 g/mol. The van der Waals surface area contributed by atoms with Crippen LogP contribution < -0.4 is 5.32 Å². The molecule has 0 aromatic carbocycles. The first-order valence-electron chi connectivity index (χ1n) is 13.4. The van der Waals surface area contributed by atoms with Crippen molar-refractivity contribution in [1.29, 1.82) is 0 Å². The third kappa shape index (κ3) is 6.77. The summed E-state index contributed by atoms with van der Waals surface area (Å²) in [5.41, 5.74) is 5.01. The molecule has 0 unspecified atom stereocenters. The summed E-state index contributed by atoms with van der Waals surface area (Å²) in [5.74, 6) is -0.874. The second-order valence-electron chi connectivity index (χ2n) is 10.5. The van der Waals surface area contributed by atoms with Gasteiger partial charge in [0.1, 0.15) is 0 Å². The Kier molecular flexibility index (Phi) is 8.99. The van der Waals surface area contributed by atoms with Gasteiger partial charge in [0.15, 0.2) is 11.4 Å². The number of aromatic amines is 2. The van der Waals surface area contributed by atoms with E-state index in [-0.39, 0.29) is 23.8 Å². The van der Waals surface area contributed by atoms with Crippen LogP contribution in [0, 0.1) is 0 Å². The van der Waals surface area contributed by atoms with Crippen LogP contribution in [-0.4, -0.2) is 92.9 Å². The average Bonchev–Trinajstić information content (AvgIpc) is 3.60. The molecule has 2 saturated heterocycles. The highest BCUT2D eigenvalue weighted by Crippen LogP contribution is 2.25. The van der Waals surface area contributed by atoms with E-state index in [9.17, 15) is 9.59 Å². The lowest BCUT2D eigenvalue weighted by molar-refractivity contribution is -0.0587. The third-order valence-corrected chi connectivity index (χ3v) is 7.05. The molecule has 2 aromatic rings. The number of morpholine rings is 2. The van der Waals surface area contributed by atoms with E-state index in [1.807, 2.05) is 18.7 Å². The van der Waals surface area contributed by atoms with Crippen molar-refractivity contribution >= 4 is 11.9 Å². The van der Waals surface area contributed by atoms with E-state index in [1.165, 1.54) is 0 Å². The molecule has 11 heteroatoms. The summed E-state index contributed by atoms with van der Waals surface area (Å²) < 4.78 is 11.1. The van der Waals surface area contributed by atoms with Crippen LogP contribution in [-0.2, 0) is 35.2 Å². The summed E-state index contributed by atoms with van der Waals surface area (Å²) in [4.78, 5) is 24.9. The molecule has 2 aliphatic carbocycles. The molecule has 204 valence electrons. The summed E-state index contributed by atoms with van der Waals surface area (Å²) in [6.07, 6.45) is 6.97. The van der Waals surface area contributed by atoms with Crippen LogP contribution in [0.4, 0.5) is 0 Å². The molecule has 2 aromatic heterocycles. The highest BCUT2D eigenvalue weighted by atomic mass is 16.5. The molecule has 2 fully saturated rings. The van der Waals surface area contributed by atoms with Crippen LogP contribution in [0.1, 0.15) is 84.0 Å². The minimum Gasteiger partial charge on any atom is -0.476 e. The fourth-order valence-corrected chi connectivity index (χ4v) is 5.47. The standard InChI is InChI=1S/C13H19N3O2.C7H8N2O2.C6H13NO/c1-8-6-16(7-9(2)18-8)13(17)12-10-4-3-5-11(10)14-15-12;10-7(11)6-4-2-1-3-5(4)8-9-6;1-5-3-7-4-6(2)8-5/h8-9H,3-7H2,1-2H3,(H,14,15);1-3H2,(H,8,9)(H,10,11);5-7H,3-4H2,1-2H3/t8-,9+;;5-,6+. The Labute approximate surface area is 217 Å². The number of aryl methyl sites for hydroxylation is 2. The number of carbonyl (C=O) groups is 2. The number of H-pyrrole nitrogens is 2. The Bertz CT molecular complexity index is 1060. The molecule has 0 spiro atoms. The number of aromatic carboxylic acids is 1. The number of aromatic nitrogens is 4. The number of carbonyl (C=O) groups excluding carboxylic acids is 1. The number of nitrogens with one attached hydrogen (secondary N) is 3. The molecule has 1 amide bonds. The fraction of sp³-hybridized carbons (Fsp3) is 0.692. The van der Waals surface area contributed by atoms with Crippen molar-refractivity contribution in [2.24, 2.45) is 0 Å². The number of rotatable bonds is 2. The molecule has 4 atom stereocenters. The van der Waals surface area contributed by atoms with E-state index in [1.54, 1.807) is 0 Å². The molecule has 4 heterocycles. The monoisotopic (exact) mass is 516 g/mol. The first-order chi connectivity index (χ1) is 17.7. The van der Waals surface area contributed by atoms with E-state index in [2.05, 4.69) is 39.6 Å².